The van der Waals surface area contributed by atoms with E-state index in [-0.39, 0.29) is 0 Å². The van der Waals surface area contributed by atoms with Crippen LogP contribution < -0.4 is 14.8 Å². The monoisotopic (exact) mass is 252 g/mol. The molecule has 4 heteroatoms. The van der Waals surface area contributed by atoms with Crippen LogP contribution in [0.25, 0.3) is 0 Å². The molecule has 0 fully saturated rings. The third kappa shape index (κ3) is 6.47. The zero-order valence-corrected chi connectivity index (χ0v) is 11.6. The van der Waals surface area contributed by atoms with E-state index in [0.29, 0.717) is 0 Å². The normalized spacial score (nSPS) is 10.7. The summed E-state index contributed by atoms with van der Waals surface area (Å²) < 4.78 is 10.7. The molecule has 0 saturated carbocycles. The Morgan fingerprint density at radius 1 is 1.06 bits per heavy atom. The average Bonchev–Trinajstić information content (AvgIpc) is 2.38. The summed E-state index contributed by atoms with van der Waals surface area (Å²) in [4.78, 5) is 2.17. The molecule has 0 spiro atoms. The van der Waals surface area contributed by atoms with Gasteiger partial charge in [0, 0.05) is 13.1 Å². The summed E-state index contributed by atoms with van der Waals surface area (Å²) >= 11 is 0. The molecular weight excluding hydrogens is 228 g/mol. The van der Waals surface area contributed by atoms with E-state index >= 15 is 0 Å². The third-order valence-corrected chi connectivity index (χ3v) is 2.56. The zero-order chi connectivity index (χ0) is 13.2. The van der Waals surface area contributed by atoms with Crippen LogP contribution in [0.15, 0.2) is 24.3 Å². The van der Waals surface area contributed by atoms with Gasteiger partial charge in [0.15, 0.2) is 0 Å². The van der Waals surface area contributed by atoms with E-state index in [9.17, 15) is 0 Å². The van der Waals surface area contributed by atoms with Gasteiger partial charge in [-0.25, -0.2) is 0 Å². The molecule has 1 rings (SSSR count). The minimum atomic E-state index is 0.737. The lowest BCUT2D eigenvalue weighted by Gasteiger charge is -2.10. The van der Waals surface area contributed by atoms with E-state index in [1.165, 1.54) is 0 Å². The molecule has 0 saturated heterocycles. The second-order valence-electron chi connectivity index (χ2n) is 4.43. The Labute approximate surface area is 110 Å². The predicted molar refractivity (Wildman–Crippen MR) is 74.5 cm³/mol. The highest BCUT2D eigenvalue weighted by molar-refractivity contribution is 5.31. The maximum Gasteiger partial charge on any atom is 0.119 e. The molecule has 0 aromatic heterocycles. The first kappa shape index (κ1) is 14.8. The van der Waals surface area contributed by atoms with Crippen LogP contribution in [-0.4, -0.2) is 52.3 Å². The van der Waals surface area contributed by atoms with E-state index in [1.54, 1.807) is 7.11 Å². The Morgan fingerprint density at radius 2 is 1.72 bits per heavy atom. The van der Waals surface area contributed by atoms with Crippen molar-refractivity contribution >= 4 is 0 Å². The molecule has 0 amide bonds. The second-order valence-corrected chi connectivity index (χ2v) is 4.43. The zero-order valence-electron chi connectivity index (χ0n) is 11.6. The van der Waals surface area contributed by atoms with Gasteiger partial charge in [0.25, 0.3) is 0 Å². The molecule has 1 N–H and O–H groups in total. The van der Waals surface area contributed by atoms with Crippen molar-refractivity contribution in [1.29, 1.82) is 0 Å². The molecule has 0 unspecified atom stereocenters. The van der Waals surface area contributed by atoms with Gasteiger partial charge in [-0.1, -0.05) is 0 Å². The van der Waals surface area contributed by atoms with Gasteiger partial charge in [-0.05, 0) is 51.3 Å². The maximum absolute atomic E-state index is 5.63. The Bertz CT molecular complexity index is 312. The van der Waals surface area contributed by atoms with Gasteiger partial charge in [-0.3, -0.25) is 0 Å². The molecule has 1 aromatic rings. The summed E-state index contributed by atoms with van der Waals surface area (Å²) in [5.74, 6) is 1.75. The molecule has 102 valence electrons. The quantitative estimate of drug-likeness (QED) is 0.677. The van der Waals surface area contributed by atoms with Crippen LogP contribution in [0.3, 0.4) is 0 Å². The third-order valence-electron chi connectivity index (χ3n) is 2.56. The molecule has 1 aromatic carbocycles. The standard InChI is InChI=1S/C14H24N2O2/c1-16(2)11-10-15-9-4-12-18-14-7-5-13(17-3)6-8-14/h5-8,15H,4,9-12H2,1-3H3. The Hall–Kier alpha value is -1.26. The fourth-order valence-corrected chi connectivity index (χ4v) is 1.49. The fourth-order valence-electron chi connectivity index (χ4n) is 1.49. The van der Waals surface area contributed by atoms with Gasteiger partial charge in [0.05, 0.1) is 13.7 Å². The lowest BCUT2D eigenvalue weighted by atomic mass is 10.3. The molecule has 0 radical (unpaired) electrons. The van der Waals surface area contributed by atoms with Crippen LogP contribution >= 0.6 is 0 Å². The minimum absolute atomic E-state index is 0.737. The number of rotatable bonds is 9. The van der Waals surface area contributed by atoms with Gasteiger partial charge in [-0.2, -0.15) is 0 Å². The Kier molecular flexibility index (Phi) is 7.22. The molecule has 0 aliphatic carbocycles. The molecule has 0 heterocycles. The summed E-state index contributed by atoms with van der Waals surface area (Å²) in [5.41, 5.74) is 0. The Balaban J connectivity index is 2.03. The lowest BCUT2D eigenvalue weighted by Crippen LogP contribution is -2.27. The molecule has 0 aliphatic rings. The van der Waals surface area contributed by atoms with Gasteiger partial charge < -0.3 is 19.7 Å². The summed E-state index contributed by atoms with van der Waals surface area (Å²) in [6, 6.07) is 7.67. The van der Waals surface area contributed by atoms with Crippen molar-refractivity contribution in [3.05, 3.63) is 24.3 Å². The van der Waals surface area contributed by atoms with Crippen molar-refractivity contribution < 1.29 is 9.47 Å². The number of nitrogens with zero attached hydrogens (tertiary/aromatic N) is 1. The lowest BCUT2D eigenvalue weighted by molar-refractivity contribution is 0.305. The van der Waals surface area contributed by atoms with Crippen LogP contribution in [0.4, 0.5) is 0 Å². The number of nitrogens with one attached hydrogen (secondary N) is 1. The minimum Gasteiger partial charge on any atom is -0.497 e. The van der Waals surface area contributed by atoms with Crippen LogP contribution in [0.1, 0.15) is 6.42 Å². The molecular formula is C14H24N2O2. The van der Waals surface area contributed by atoms with Crippen LogP contribution in [0.2, 0.25) is 0 Å². The van der Waals surface area contributed by atoms with Crippen molar-refractivity contribution in [2.45, 2.75) is 6.42 Å². The number of ether oxygens (including phenoxy) is 2. The van der Waals surface area contributed by atoms with Crippen molar-refractivity contribution in [3.63, 3.8) is 0 Å². The van der Waals surface area contributed by atoms with Gasteiger partial charge in [-0.15, -0.1) is 0 Å². The summed E-state index contributed by atoms with van der Waals surface area (Å²) in [6.07, 6.45) is 1.01. The van der Waals surface area contributed by atoms with Crippen molar-refractivity contribution in [1.82, 2.24) is 10.2 Å². The highest BCUT2D eigenvalue weighted by Gasteiger charge is 1.95. The van der Waals surface area contributed by atoms with E-state index < -0.39 is 0 Å². The number of likely N-dealkylation sites (N-methyl/N-ethyl adjacent to an activating group) is 1. The summed E-state index contributed by atoms with van der Waals surface area (Å²) in [6.45, 7) is 3.82. The predicted octanol–water partition coefficient (Wildman–Crippen LogP) is 1.62. The van der Waals surface area contributed by atoms with Crippen molar-refractivity contribution in [2.24, 2.45) is 0 Å². The second kappa shape index (κ2) is 8.78. The van der Waals surface area contributed by atoms with Gasteiger partial charge in [0.2, 0.25) is 0 Å². The molecule has 0 aliphatic heterocycles. The smallest absolute Gasteiger partial charge is 0.119 e. The first-order valence-electron chi connectivity index (χ1n) is 6.34. The largest absolute Gasteiger partial charge is 0.497 e. The first-order chi connectivity index (χ1) is 8.72. The van der Waals surface area contributed by atoms with Crippen LogP contribution in [0.5, 0.6) is 11.5 Å². The summed E-state index contributed by atoms with van der Waals surface area (Å²) in [7, 11) is 5.82. The first-order valence-corrected chi connectivity index (χ1v) is 6.34. The highest BCUT2D eigenvalue weighted by Crippen LogP contribution is 2.16. The topological polar surface area (TPSA) is 33.7 Å². The maximum atomic E-state index is 5.63. The van der Waals surface area contributed by atoms with E-state index in [4.69, 9.17) is 9.47 Å². The molecule has 18 heavy (non-hydrogen) atoms. The van der Waals surface area contributed by atoms with E-state index in [0.717, 1.165) is 44.2 Å². The number of hydrogen-bond donors (Lipinski definition) is 1. The van der Waals surface area contributed by atoms with Crippen molar-refractivity contribution in [3.8, 4) is 11.5 Å². The number of methoxy groups -OCH3 is 1. The fraction of sp³-hybridized carbons (Fsp3) is 0.571. The number of hydrogen-bond acceptors (Lipinski definition) is 4. The highest BCUT2D eigenvalue weighted by atomic mass is 16.5. The van der Waals surface area contributed by atoms with Crippen molar-refractivity contribution in [2.75, 3.05) is 47.4 Å². The van der Waals surface area contributed by atoms with Crippen LogP contribution in [-0.2, 0) is 0 Å². The molecule has 0 bridgehead atoms. The van der Waals surface area contributed by atoms with Gasteiger partial charge >= 0.3 is 0 Å². The molecule has 0 atom stereocenters. The Morgan fingerprint density at radius 3 is 2.33 bits per heavy atom. The SMILES string of the molecule is COc1ccc(OCCCNCCN(C)C)cc1. The van der Waals surface area contributed by atoms with E-state index in [1.807, 2.05) is 24.3 Å². The summed E-state index contributed by atoms with van der Waals surface area (Å²) in [5, 5.41) is 3.38. The molecule has 4 nitrogen and oxygen atoms in total. The van der Waals surface area contributed by atoms with Gasteiger partial charge in [0.1, 0.15) is 11.5 Å². The average molecular weight is 252 g/mol. The number of benzene rings is 1. The van der Waals surface area contributed by atoms with Crippen LogP contribution in [0, 0.1) is 0 Å². The van der Waals surface area contributed by atoms with E-state index in [2.05, 4.69) is 24.3 Å².